The summed E-state index contributed by atoms with van der Waals surface area (Å²) in [4.78, 5) is 1.06. The molecular formula is C10H15N5S2. The Morgan fingerprint density at radius 1 is 1.24 bits per heavy atom. The highest BCUT2D eigenvalue weighted by Crippen LogP contribution is 2.32. The van der Waals surface area contributed by atoms with Gasteiger partial charge in [0, 0.05) is 6.54 Å². The number of nitrogens with one attached hydrogen (secondary N) is 1. The Morgan fingerprint density at radius 3 is 2.76 bits per heavy atom. The van der Waals surface area contributed by atoms with E-state index in [1.807, 2.05) is 0 Å². The predicted octanol–water partition coefficient (Wildman–Crippen LogP) is 2.29. The van der Waals surface area contributed by atoms with E-state index in [1.165, 1.54) is 11.5 Å². The monoisotopic (exact) mass is 269 g/mol. The average molecular weight is 269 g/mol. The van der Waals surface area contributed by atoms with Gasteiger partial charge in [-0.3, -0.25) is 0 Å². The molecule has 0 radical (unpaired) electrons. The summed E-state index contributed by atoms with van der Waals surface area (Å²) < 4.78 is 4.01. The second kappa shape index (κ2) is 5.61. The van der Waals surface area contributed by atoms with Gasteiger partial charge in [-0.1, -0.05) is 36.6 Å². The van der Waals surface area contributed by atoms with Gasteiger partial charge in [-0.05, 0) is 24.0 Å². The maximum atomic E-state index is 4.21. The Hall–Kier alpha value is -0.920. The molecule has 2 heterocycles. The quantitative estimate of drug-likeness (QED) is 0.902. The lowest BCUT2D eigenvalue weighted by Crippen LogP contribution is -2.11. The van der Waals surface area contributed by atoms with Gasteiger partial charge in [0.2, 0.25) is 0 Å². The summed E-state index contributed by atoms with van der Waals surface area (Å²) in [5.41, 5.74) is 1.01. The summed E-state index contributed by atoms with van der Waals surface area (Å²) >= 11 is 3.00. The fourth-order valence-corrected chi connectivity index (χ4v) is 3.07. The Bertz CT molecular complexity index is 477. The van der Waals surface area contributed by atoms with Crippen LogP contribution in [0.4, 0.5) is 0 Å². The first-order valence-electron chi connectivity index (χ1n) is 5.58. The maximum Gasteiger partial charge on any atom is 0.161 e. The molecule has 0 saturated heterocycles. The van der Waals surface area contributed by atoms with Crippen molar-refractivity contribution in [3.8, 4) is 9.88 Å². The lowest BCUT2D eigenvalue weighted by molar-refractivity contribution is 0.715. The molecule has 7 heteroatoms. The van der Waals surface area contributed by atoms with Crippen molar-refractivity contribution in [1.29, 1.82) is 0 Å². The van der Waals surface area contributed by atoms with Crippen molar-refractivity contribution in [2.45, 2.75) is 33.2 Å². The van der Waals surface area contributed by atoms with Crippen LogP contribution in [-0.2, 0) is 6.54 Å². The summed E-state index contributed by atoms with van der Waals surface area (Å²) in [7, 11) is 0. The molecule has 2 rings (SSSR count). The Kier molecular flexibility index (Phi) is 4.14. The Morgan fingerprint density at radius 2 is 2.06 bits per heavy atom. The molecule has 2 aromatic rings. The number of hydrogen-bond donors (Lipinski definition) is 1. The summed E-state index contributed by atoms with van der Waals surface area (Å²) in [6.45, 7) is 8.01. The van der Waals surface area contributed by atoms with Gasteiger partial charge < -0.3 is 5.32 Å². The summed E-state index contributed by atoms with van der Waals surface area (Å²) in [5, 5.41) is 17.7. The molecule has 0 aliphatic rings. The van der Waals surface area contributed by atoms with E-state index < -0.39 is 0 Å². The molecule has 0 atom stereocenters. The van der Waals surface area contributed by atoms with Crippen molar-refractivity contribution in [2.24, 2.45) is 0 Å². The lowest BCUT2D eigenvalue weighted by Gasteiger charge is -1.99. The van der Waals surface area contributed by atoms with Crippen molar-refractivity contribution in [3.05, 3.63) is 10.7 Å². The van der Waals surface area contributed by atoms with Gasteiger partial charge in [0.1, 0.15) is 9.88 Å². The average Bonchev–Trinajstić information content (AvgIpc) is 2.94. The van der Waals surface area contributed by atoms with E-state index >= 15 is 0 Å². The van der Waals surface area contributed by atoms with Gasteiger partial charge >= 0.3 is 0 Å². The molecule has 17 heavy (non-hydrogen) atoms. The van der Waals surface area contributed by atoms with E-state index in [1.54, 1.807) is 11.3 Å². The van der Waals surface area contributed by atoms with Crippen LogP contribution < -0.4 is 5.32 Å². The van der Waals surface area contributed by atoms with Crippen molar-refractivity contribution >= 4 is 22.9 Å². The topological polar surface area (TPSA) is 63.6 Å². The van der Waals surface area contributed by atoms with Crippen LogP contribution >= 0.6 is 22.9 Å². The third-order valence-electron chi connectivity index (χ3n) is 2.25. The molecule has 0 aliphatic heterocycles. The first-order valence-corrected chi connectivity index (χ1v) is 7.17. The van der Waals surface area contributed by atoms with Crippen LogP contribution in [0, 0.1) is 0 Å². The summed E-state index contributed by atoms with van der Waals surface area (Å²) in [6.07, 6.45) is 0. The second-order valence-electron chi connectivity index (χ2n) is 3.92. The van der Waals surface area contributed by atoms with Gasteiger partial charge in [0.05, 0.1) is 5.69 Å². The molecule has 0 spiro atoms. The van der Waals surface area contributed by atoms with Crippen LogP contribution in [0.1, 0.15) is 37.4 Å². The minimum atomic E-state index is 0.366. The fourth-order valence-electron chi connectivity index (χ4n) is 1.37. The van der Waals surface area contributed by atoms with Crippen LogP contribution in [0.5, 0.6) is 0 Å². The summed E-state index contributed by atoms with van der Waals surface area (Å²) in [5.74, 6) is 0.366. The zero-order valence-electron chi connectivity index (χ0n) is 10.1. The molecule has 1 N–H and O–H groups in total. The third kappa shape index (κ3) is 2.85. The van der Waals surface area contributed by atoms with Crippen molar-refractivity contribution < 1.29 is 0 Å². The molecule has 0 saturated carbocycles. The van der Waals surface area contributed by atoms with Crippen LogP contribution in [0.25, 0.3) is 9.88 Å². The minimum absolute atomic E-state index is 0.366. The molecule has 5 nitrogen and oxygen atoms in total. The molecule has 0 unspecified atom stereocenters. The third-order valence-corrected chi connectivity index (χ3v) is 4.07. The first-order chi connectivity index (χ1) is 8.22. The second-order valence-corrected chi connectivity index (χ2v) is 5.74. The molecule has 0 fully saturated rings. The number of hydrogen-bond acceptors (Lipinski definition) is 7. The van der Waals surface area contributed by atoms with Crippen LogP contribution in [-0.4, -0.2) is 26.3 Å². The maximum absolute atomic E-state index is 4.21. The Labute approximate surface area is 108 Å². The molecule has 0 amide bonds. The largest absolute Gasteiger partial charge is 0.311 e. The minimum Gasteiger partial charge on any atom is -0.311 e. The summed E-state index contributed by atoms with van der Waals surface area (Å²) in [6, 6.07) is 0. The standard InChI is InChI=1S/C10H15N5S2/c1-4-11-5-7-12-14-10(16-7)9-8(6(2)3)13-15-17-9/h6,11H,4-5H2,1-3H3. The zero-order valence-corrected chi connectivity index (χ0v) is 11.7. The van der Waals surface area contributed by atoms with E-state index in [0.717, 1.165) is 33.7 Å². The Balaban J connectivity index is 2.21. The highest BCUT2D eigenvalue weighted by atomic mass is 32.1. The highest BCUT2D eigenvalue weighted by molar-refractivity contribution is 7.19. The van der Waals surface area contributed by atoms with Gasteiger partial charge in [-0.2, -0.15) is 0 Å². The van der Waals surface area contributed by atoms with Crippen molar-refractivity contribution in [3.63, 3.8) is 0 Å². The molecule has 0 bridgehead atoms. The van der Waals surface area contributed by atoms with Crippen LogP contribution in [0.3, 0.4) is 0 Å². The van der Waals surface area contributed by atoms with Crippen molar-refractivity contribution in [2.75, 3.05) is 6.54 Å². The number of nitrogens with zero attached hydrogens (tertiary/aromatic N) is 4. The molecular weight excluding hydrogens is 254 g/mol. The molecule has 0 aromatic carbocycles. The van der Waals surface area contributed by atoms with Gasteiger partial charge in [0.25, 0.3) is 0 Å². The normalized spacial score (nSPS) is 11.3. The van der Waals surface area contributed by atoms with Gasteiger partial charge in [0.15, 0.2) is 5.01 Å². The van der Waals surface area contributed by atoms with E-state index in [4.69, 9.17) is 0 Å². The lowest BCUT2D eigenvalue weighted by atomic mass is 10.1. The smallest absolute Gasteiger partial charge is 0.161 e. The van der Waals surface area contributed by atoms with Gasteiger partial charge in [-0.15, -0.1) is 15.3 Å². The van der Waals surface area contributed by atoms with E-state index in [9.17, 15) is 0 Å². The molecule has 92 valence electrons. The predicted molar refractivity (Wildman–Crippen MR) is 70.3 cm³/mol. The fraction of sp³-hybridized carbons (Fsp3) is 0.600. The van der Waals surface area contributed by atoms with Crippen LogP contribution in [0.2, 0.25) is 0 Å². The van der Waals surface area contributed by atoms with Crippen LogP contribution in [0.15, 0.2) is 0 Å². The number of rotatable bonds is 5. The highest BCUT2D eigenvalue weighted by Gasteiger charge is 2.17. The molecule has 2 aromatic heterocycles. The zero-order chi connectivity index (χ0) is 12.3. The first kappa shape index (κ1) is 12.5. The van der Waals surface area contributed by atoms with Gasteiger partial charge in [-0.25, -0.2) is 0 Å². The SMILES string of the molecule is CCNCc1nnc(-c2snnc2C(C)C)s1. The number of aromatic nitrogens is 4. The van der Waals surface area contributed by atoms with E-state index in [2.05, 4.69) is 45.9 Å². The van der Waals surface area contributed by atoms with E-state index in [-0.39, 0.29) is 0 Å². The van der Waals surface area contributed by atoms with Crippen molar-refractivity contribution in [1.82, 2.24) is 25.1 Å². The molecule has 0 aliphatic carbocycles. The van der Waals surface area contributed by atoms with E-state index in [0.29, 0.717) is 5.92 Å².